The third-order valence-electron chi connectivity index (χ3n) is 4.13. The number of H-pyrrole nitrogens is 1. The van der Waals surface area contributed by atoms with E-state index >= 15 is 0 Å². The molecule has 1 heterocycles. The number of hydrogen-bond acceptors (Lipinski definition) is 4. The Kier molecular flexibility index (Phi) is 5.69. The molecule has 2 N–H and O–H groups in total. The van der Waals surface area contributed by atoms with E-state index in [0.717, 1.165) is 23.7 Å². The Labute approximate surface area is 140 Å². The minimum Gasteiger partial charge on any atom is -0.351 e. The molecule has 1 amide bonds. The second-order valence-electron chi connectivity index (χ2n) is 5.97. The highest BCUT2D eigenvalue weighted by Crippen LogP contribution is 2.27. The van der Waals surface area contributed by atoms with Gasteiger partial charge in [0.15, 0.2) is 0 Å². The van der Waals surface area contributed by atoms with Crippen LogP contribution in [0, 0.1) is 5.92 Å². The molecule has 5 nitrogen and oxygen atoms in total. The van der Waals surface area contributed by atoms with Crippen molar-refractivity contribution in [2.24, 2.45) is 5.92 Å². The summed E-state index contributed by atoms with van der Waals surface area (Å²) in [7, 11) is 0. The fraction of sp³-hybridized carbons (Fsp3) is 0.471. The van der Waals surface area contributed by atoms with Gasteiger partial charge in [0.25, 0.3) is 0 Å². The Hall–Kier alpha value is -1.82. The van der Waals surface area contributed by atoms with Crippen molar-refractivity contribution in [3.63, 3.8) is 0 Å². The smallest absolute Gasteiger partial charge is 0.230 e. The largest absolute Gasteiger partial charge is 0.351 e. The topological polar surface area (TPSA) is 70.7 Å². The first kappa shape index (κ1) is 16.1. The van der Waals surface area contributed by atoms with Crippen LogP contribution < -0.4 is 5.32 Å². The zero-order chi connectivity index (χ0) is 15.9. The van der Waals surface area contributed by atoms with Crippen LogP contribution in [0.15, 0.2) is 35.5 Å². The minimum absolute atomic E-state index is 0.000922. The van der Waals surface area contributed by atoms with Crippen molar-refractivity contribution < 1.29 is 4.79 Å². The van der Waals surface area contributed by atoms with Crippen molar-refractivity contribution in [1.82, 2.24) is 20.5 Å². The standard InChI is InChI=1S/C17H22N4OS/c22-16(18-11-14-8-2-1-3-9-14)12-23-17-19-15(20-21-17)10-13-6-4-5-7-13/h1-3,8-9,13H,4-7,10-12H2,(H,18,22)(H,19,20,21). The minimum atomic E-state index is 0.000922. The van der Waals surface area contributed by atoms with Crippen molar-refractivity contribution in [2.45, 2.75) is 43.8 Å². The lowest BCUT2D eigenvalue weighted by Crippen LogP contribution is -2.24. The maximum Gasteiger partial charge on any atom is 0.230 e. The molecule has 0 spiro atoms. The summed E-state index contributed by atoms with van der Waals surface area (Å²) in [5, 5.41) is 10.8. The summed E-state index contributed by atoms with van der Waals surface area (Å²) in [6, 6.07) is 9.90. The first-order chi connectivity index (χ1) is 11.3. The Bertz CT molecular complexity index is 623. The normalized spacial score (nSPS) is 15.0. The van der Waals surface area contributed by atoms with Gasteiger partial charge in [0.1, 0.15) is 5.82 Å². The van der Waals surface area contributed by atoms with Gasteiger partial charge in [0.2, 0.25) is 11.1 Å². The number of nitrogens with zero attached hydrogens (tertiary/aromatic N) is 2. The molecule has 0 atom stereocenters. The monoisotopic (exact) mass is 330 g/mol. The van der Waals surface area contributed by atoms with Crippen LogP contribution in [0.3, 0.4) is 0 Å². The molecule has 2 aromatic rings. The molecule has 0 saturated heterocycles. The Morgan fingerprint density at radius 1 is 1.26 bits per heavy atom. The van der Waals surface area contributed by atoms with Gasteiger partial charge in [-0.2, -0.15) is 0 Å². The quantitative estimate of drug-likeness (QED) is 0.766. The van der Waals surface area contributed by atoms with Gasteiger partial charge in [-0.15, -0.1) is 5.10 Å². The molecule has 3 rings (SSSR count). The highest BCUT2D eigenvalue weighted by molar-refractivity contribution is 7.99. The van der Waals surface area contributed by atoms with Gasteiger partial charge in [0, 0.05) is 13.0 Å². The van der Waals surface area contributed by atoms with Gasteiger partial charge < -0.3 is 5.32 Å². The predicted octanol–water partition coefficient (Wildman–Crippen LogP) is 2.95. The molecule has 6 heteroatoms. The van der Waals surface area contributed by atoms with Crippen LogP contribution in [0.4, 0.5) is 0 Å². The Morgan fingerprint density at radius 3 is 2.83 bits per heavy atom. The number of amides is 1. The molecule has 1 saturated carbocycles. The van der Waals surface area contributed by atoms with Crippen molar-refractivity contribution >= 4 is 17.7 Å². The number of carbonyl (C=O) groups excluding carboxylic acids is 1. The van der Waals surface area contributed by atoms with Gasteiger partial charge >= 0.3 is 0 Å². The second kappa shape index (κ2) is 8.15. The number of benzene rings is 1. The highest BCUT2D eigenvalue weighted by atomic mass is 32.2. The van der Waals surface area contributed by atoms with E-state index in [1.54, 1.807) is 0 Å². The zero-order valence-electron chi connectivity index (χ0n) is 13.1. The van der Waals surface area contributed by atoms with E-state index in [1.165, 1.54) is 37.4 Å². The fourth-order valence-electron chi connectivity index (χ4n) is 2.90. The number of nitrogens with one attached hydrogen (secondary N) is 2. The number of aromatic amines is 1. The van der Waals surface area contributed by atoms with Crippen molar-refractivity contribution in [3.05, 3.63) is 41.7 Å². The first-order valence-corrected chi connectivity index (χ1v) is 9.13. The molecule has 0 unspecified atom stereocenters. The van der Waals surface area contributed by atoms with Crippen LogP contribution in [0.1, 0.15) is 37.1 Å². The third kappa shape index (κ3) is 5.10. The van der Waals surface area contributed by atoms with E-state index < -0.39 is 0 Å². The Balaban J connectivity index is 1.39. The van der Waals surface area contributed by atoms with Crippen LogP contribution in [0.25, 0.3) is 0 Å². The van der Waals surface area contributed by atoms with Crippen LogP contribution in [-0.2, 0) is 17.8 Å². The molecule has 1 aliphatic rings. The number of carbonyl (C=O) groups is 1. The van der Waals surface area contributed by atoms with Crippen LogP contribution >= 0.6 is 11.8 Å². The average molecular weight is 330 g/mol. The summed E-state index contributed by atoms with van der Waals surface area (Å²) in [6.07, 6.45) is 6.24. The summed E-state index contributed by atoms with van der Waals surface area (Å²) >= 11 is 1.38. The van der Waals surface area contributed by atoms with Gasteiger partial charge in [-0.1, -0.05) is 67.8 Å². The van der Waals surface area contributed by atoms with Gasteiger partial charge in [-0.25, -0.2) is 4.98 Å². The molecular formula is C17H22N4OS. The molecule has 0 bridgehead atoms. The van der Waals surface area contributed by atoms with Crippen molar-refractivity contribution in [2.75, 3.05) is 5.75 Å². The van der Waals surface area contributed by atoms with E-state index in [-0.39, 0.29) is 5.91 Å². The maximum absolute atomic E-state index is 11.9. The molecule has 23 heavy (non-hydrogen) atoms. The SMILES string of the molecule is O=C(CSc1n[nH]c(CC2CCCC2)n1)NCc1ccccc1. The molecule has 1 aromatic carbocycles. The van der Waals surface area contributed by atoms with E-state index in [9.17, 15) is 4.79 Å². The van der Waals surface area contributed by atoms with E-state index in [4.69, 9.17) is 0 Å². The average Bonchev–Trinajstić information content (AvgIpc) is 3.24. The van der Waals surface area contributed by atoms with Gasteiger partial charge in [-0.3, -0.25) is 9.89 Å². The molecule has 1 aliphatic carbocycles. The predicted molar refractivity (Wildman–Crippen MR) is 91.1 cm³/mol. The second-order valence-corrected chi connectivity index (χ2v) is 6.91. The van der Waals surface area contributed by atoms with Crippen LogP contribution in [0.5, 0.6) is 0 Å². The number of thioether (sulfide) groups is 1. The number of hydrogen-bond donors (Lipinski definition) is 2. The van der Waals surface area contributed by atoms with Gasteiger partial charge in [-0.05, 0) is 11.5 Å². The number of rotatable bonds is 7. The summed E-state index contributed by atoms with van der Waals surface area (Å²) in [5.41, 5.74) is 1.10. The fourth-order valence-corrected chi connectivity index (χ4v) is 3.55. The van der Waals surface area contributed by atoms with E-state index in [0.29, 0.717) is 17.5 Å². The molecule has 0 aliphatic heterocycles. The molecular weight excluding hydrogens is 308 g/mol. The highest BCUT2D eigenvalue weighted by Gasteiger charge is 2.17. The lowest BCUT2D eigenvalue weighted by atomic mass is 10.0. The van der Waals surface area contributed by atoms with E-state index in [1.807, 2.05) is 30.3 Å². The summed E-state index contributed by atoms with van der Waals surface area (Å²) in [4.78, 5) is 16.4. The Morgan fingerprint density at radius 2 is 2.04 bits per heavy atom. The lowest BCUT2D eigenvalue weighted by Gasteiger charge is -2.04. The third-order valence-corrected chi connectivity index (χ3v) is 4.98. The molecule has 1 fully saturated rings. The molecule has 0 radical (unpaired) electrons. The molecule has 122 valence electrons. The summed E-state index contributed by atoms with van der Waals surface area (Å²) < 4.78 is 0. The molecule has 1 aromatic heterocycles. The first-order valence-electron chi connectivity index (χ1n) is 8.14. The zero-order valence-corrected chi connectivity index (χ0v) is 13.9. The van der Waals surface area contributed by atoms with E-state index in [2.05, 4.69) is 20.5 Å². The summed E-state index contributed by atoms with van der Waals surface area (Å²) in [5.74, 6) is 2.04. The maximum atomic E-state index is 11.9. The van der Waals surface area contributed by atoms with Crippen LogP contribution in [-0.4, -0.2) is 26.8 Å². The van der Waals surface area contributed by atoms with Crippen molar-refractivity contribution in [3.8, 4) is 0 Å². The van der Waals surface area contributed by atoms with Crippen LogP contribution in [0.2, 0.25) is 0 Å². The lowest BCUT2D eigenvalue weighted by molar-refractivity contribution is -0.118. The van der Waals surface area contributed by atoms with Crippen molar-refractivity contribution in [1.29, 1.82) is 0 Å². The van der Waals surface area contributed by atoms with Gasteiger partial charge in [0.05, 0.1) is 5.75 Å². The number of aromatic nitrogens is 3. The summed E-state index contributed by atoms with van der Waals surface area (Å²) in [6.45, 7) is 0.557.